The number of aromatic nitrogens is 2. The number of hydrogen-bond donors (Lipinski definition) is 0. The van der Waals surface area contributed by atoms with E-state index in [1.54, 1.807) is 18.2 Å². The molecule has 3 nitrogen and oxygen atoms in total. The van der Waals surface area contributed by atoms with Crippen molar-refractivity contribution in [2.24, 2.45) is 0 Å². The Balaban J connectivity index is 2.12. The van der Waals surface area contributed by atoms with Gasteiger partial charge >= 0.3 is 0 Å². The summed E-state index contributed by atoms with van der Waals surface area (Å²) in [4.78, 5) is 9.73. The van der Waals surface area contributed by atoms with Crippen LogP contribution in [0.4, 0.5) is 0 Å². The molecule has 4 rings (SSSR count). The summed E-state index contributed by atoms with van der Waals surface area (Å²) < 4.78 is 6.07. The summed E-state index contributed by atoms with van der Waals surface area (Å²) in [5, 5.41) is 1.92. The fraction of sp³-hybridized carbons (Fsp3) is 0.0370. The average molecular weight is 390 g/mol. The van der Waals surface area contributed by atoms with Gasteiger partial charge in [0.2, 0.25) is 0 Å². The van der Waals surface area contributed by atoms with Crippen molar-refractivity contribution >= 4 is 39.6 Å². The van der Waals surface area contributed by atoms with Gasteiger partial charge in [-0.25, -0.2) is 9.97 Å². The van der Waals surface area contributed by atoms with Crippen LogP contribution in [0.2, 0.25) is 0 Å². The van der Waals surface area contributed by atoms with Gasteiger partial charge in [-0.2, -0.15) is 0 Å². The lowest BCUT2D eigenvalue weighted by molar-refractivity contribution is 0.604. The Morgan fingerprint density at radius 2 is 1.80 bits per heavy atom. The third-order valence-electron chi connectivity index (χ3n) is 4.91. The van der Waals surface area contributed by atoms with Crippen molar-refractivity contribution < 1.29 is 4.42 Å². The summed E-state index contributed by atoms with van der Waals surface area (Å²) in [7, 11) is 0. The van der Waals surface area contributed by atoms with E-state index in [1.165, 1.54) is 0 Å². The van der Waals surface area contributed by atoms with E-state index in [-0.39, 0.29) is 0 Å². The first-order valence-corrected chi connectivity index (χ1v) is 9.74. The van der Waals surface area contributed by atoms with Gasteiger partial charge in [0.05, 0.1) is 11.2 Å². The quantitative estimate of drug-likeness (QED) is 0.320. The molecule has 0 aliphatic carbocycles. The Labute approximate surface area is 176 Å². The standard InChI is InChI=1S/C27H22N2O/c1-5-12-18(7-3)27-28-23-16-21-20(13-6-2)24(8-4)30-25(21)17-22(23)26(29-27)19-14-10-9-11-15-19/h5-17H,1,3-4H2,2H3/b13-6-,18-12+. The lowest BCUT2D eigenvalue weighted by Gasteiger charge is -2.10. The van der Waals surface area contributed by atoms with Crippen molar-refractivity contribution in [1.29, 1.82) is 0 Å². The molecule has 0 aliphatic heterocycles. The second-order valence-electron chi connectivity index (χ2n) is 6.77. The Kier molecular flexibility index (Phi) is 5.27. The number of allylic oxidation sites excluding steroid dienone is 5. The van der Waals surface area contributed by atoms with Gasteiger partial charge in [0.25, 0.3) is 0 Å². The Morgan fingerprint density at radius 1 is 1.00 bits per heavy atom. The monoisotopic (exact) mass is 390 g/mol. The third-order valence-corrected chi connectivity index (χ3v) is 4.91. The number of hydrogen-bond acceptors (Lipinski definition) is 3. The highest BCUT2D eigenvalue weighted by atomic mass is 16.3. The molecule has 30 heavy (non-hydrogen) atoms. The number of nitrogens with zero attached hydrogens (tertiary/aromatic N) is 2. The summed E-state index contributed by atoms with van der Waals surface area (Å²) >= 11 is 0. The van der Waals surface area contributed by atoms with E-state index in [0.29, 0.717) is 5.82 Å². The van der Waals surface area contributed by atoms with Crippen LogP contribution in [0.1, 0.15) is 24.1 Å². The van der Waals surface area contributed by atoms with Crippen LogP contribution >= 0.6 is 0 Å². The molecule has 2 heterocycles. The maximum atomic E-state index is 6.07. The van der Waals surface area contributed by atoms with Crippen LogP contribution in [-0.2, 0) is 0 Å². The van der Waals surface area contributed by atoms with Gasteiger partial charge in [-0.15, -0.1) is 0 Å². The molecule has 0 spiro atoms. The fourth-order valence-corrected chi connectivity index (χ4v) is 3.55. The predicted octanol–water partition coefficient (Wildman–Crippen LogP) is 7.47. The minimum absolute atomic E-state index is 0.607. The summed E-state index contributed by atoms with van der Waals surface area (Å²) in [6.07, 6.45) is 11.1. The van der Waals surface area contributed by atoms with Gasteiger partial charge in [-0.1, -0.05) is 80.4 Å². The zero-order valence-corrected chi connectivity index (χ0v) is 16.9. The number of benzene rings is 2. The Morgan fingerprint density at radius 3 is 2.47 bits per heavy atom. The van der Waals surface area contributed by atoms with Crippen LogP contribution in [-0.4, -0.2) is 9.97 Å². The van der Waals surface area contributed by atoms with Crippen LogP contribution in [0.3, 0.4) is 0 Å². The minimum atomic E-state index is 0.607. The van der Waals surface area contributed by atoms with Crippen molar-refractivity contribution in [2.45, 2.75) is 6.92 Å². The maximum absolute atomic E-state index is 6.07. The van der Waals surface area contributed by atoms with E-state index >= 15 is 0 Å². The predicted molar refractivity (Wildman–Crippen MR) is 128 cm³/mol. The zero-order valence-electron chi connectivity index (χ0n) is 16.9. The van der Waals surface area contributed by atoms with Crippen LogP contribution in [0.25, 0.3) is 50.9 Å². The van der Waals surface area contributed by atoms with E-state index in [2.05, 4.69) is 25.8 Å². The van der Waals surface area contributed by atoms with Crippen LogP contribution in [0.15, 0.2) is 90.9 Å². The first-order valence-electron chi connectivity index (χ1n) is 9.74. The molecule has 0 unspecified atom stereocenters. The van der Waals surface area contributed by atoms with Crippen LogP contribution in [0.5, 0.6) is 0 Å². The molecular formula is C27H22N2O. The molecule has 0 fully saturated rings. The summed E-state index contributed by atoms with van der Waals surface area (Å²) in [6.45, 7) is 13.6. The lowest BCUT2D eigenvalue weighted by Crippen LogP contribution is -1.97. The van der Waals surface area contributed by atoms with Gasteiger partial charge in [-0.3, -0.25) is 0 Å². The third kappa shape index (κ3) is 3.31. The molecule has 0 saturated heterocycles. The molecule has 0 atom stereocenters. The highest BCUT2D eigenvalue weighted by Gasteiger charge is 2.16. The van der Waals surface area contributed by atoms with E-state index in [9.17, 15) is 0 Å². The van der Waals surface area contributed by atoms with E-state index in [1.807, 2.05) is 61.5 Å². The van der Waals surface area contributed by atoms with Crippen molar-refractivity contribution in [3.05, 3.63) is 104 Å². The SMILES string of the molecule is C=C/C=C(\C=C)c1nc(-c2ccccc2)c2cc3oc(C=C)c(/C=C\C)c3cc2n1. The molecule has 0 N–H and O–H groups in total. The molecular weight excluding hydrogens is 368 g/mol. The van der Waals surface area contributed by atoms with Crippen molar-refractivity contribution in [3.8, 4) is 11.3 Å². The fourth-order valence-electron chi connectivity index (χ4n) is 3.55. The zero-order chi connectivity index (χ0) is 21.1. The normalized spacial score (nSPS) is 12.0. The van der Waals surface area contributed by atoms with Crippen molar-refractivity contribution in [3.63, 3.8) is 0 Å². The number of rotatable bonds is 6. The molecule has 2 aromatic carbocycles. The summed E-state index contributed by atoms with van der Waals surface area (Å²) in [5.74, 6) is 1.35. The van der Waals surface area contributed by atoms with Gasteiger partial charge in [0, 0.05) is 27.5 Å². The van der Waals surface area contributed by atoms with Crippen LogP contribution < -0.4 is 0 Å². The smallest absolute Gasteiger partial charge is 0.160 e. The molecule has 0 radical (unpaired) electrons. The van der Waals surface area contributed by atoms with Crippen LogP contribution in [0, 0.1) is 0 Å². The lowest BCUT2D eigenvalue weighted by atomic mass is 10.0. The van der Waals surface area contributed by atoms with Gasteiger partial charge in [0.1, 0.15) is 11.3 Å². The second-order valence-corrected chi connectivity index (χ2v) is 6.77. The van der Waals surface area contributed by atoms with Gasteiger partial charge in [0.15, 0.2) is 5.82 Å². The second kappa shape index (κ2) is 8.18. The number of furan rings is 1. The maximum Gasteiger partial charge on any atom is 0.160 e. The molecule has 3 heteroatoms. The highest BCUT2D eigenvalue weighted by Crippen LogP contribution is 2.35. The minimum Gasteiger partial charge on any atom is -0.456 e. The Bertz CT molecular complexity index is 1340. The van der Waals surface area contributed by atoms with Crippen molar-refractivity contribution in [1.82, 2.24) is 9.97 Å². The largest absolute Gasteiger partial charge is 0.456 e. The molecule has 0 amide bonds. The molecule has 0 aliphatic rings. The Hall–Kier alpha value is -3.98. The van der Waals surface area contributed by atoms with E-state index in [0.717, 1.165) is 50.0 Å². The highest BCUT2D eigenvalue weighted by molar-refractivity contribution is 6.04. The topological polar surface area (TPSA) is 38.9 Å². The summed E-state index contributed by atoms with van der Waals surface area (Å²) in [5.41, 5.74) is 5.29. The molecule has 0 saturated carbocycles. The molecule has 4 aromatic rings. The number of fused-ring (bicyclic) bond motifs is 2. The first-order chi connectivity index (χ1) is 14.7. The first kappa shape index (κ1) is 19.3. The van der Waals surface area contributed by atoms with Crippen molar-refractivity contribution in [2.75, 3.05) is 0 Å². The summed E-state index contributed by atoms with van der Waals surface area (Å²) in [6, 6.07) is 14.2. The van der Waals surface area contributed by atoms with Gasteiger partial charge in [-0.05, 0) is 25.1 Å². The van der Waals surface area contributed by atoms with Gasteiger partial charge < -0.3 is 4.42 Å². The van der Waals surface area contributed by atoms with E-state index in [4.69, 9.17) is 14.4 Å². The molecule has 146 valence electrons. The average Bonchev–Trinajstić information content (AvgIpc) is 3.12. The van der Waals surface area contributed by atoms with E-state index < -0.39 is 0 Å². The molecule has 2 aromatic heterocycles. The molecule has 0 bridgehead atoms.